The van der Waals surface area contributed by atoms with Gasteiger partial charge in [-0.1, -0.05) is 24.3 Å². The molecule has 0 amide bonds. The number of carboxylic acids is 2. The van der Waals surface area contributed by atoms with Crippen LogP contribution in [0.15, 0.2) is 36.9 Å². The van der Waals surface area contributed by atoms with Crippen LogP contribution >= 0.6 is 0 Å². The fourth-order valence-electron chi connectivity index (χ4n) is 1.53. The maximum Gasteiger partial charge on any atom is 0.414 e. The largest absolute Gasteiger partial charge is 0.493 e. The molecule has 2 N–H and O–H groups in total. The van der Waals surface area contributed by atoms with Gasteiger partial charge in [-0.05, 0) is 38.6 Å². The molecule has 0 saturated heterocycles. The van der Waals surface area contributed by atoms with Crippen molar-refractivity contribution < 1.29 is 24.5 Å². The van der Waals surface area contributed by atoms with Gasteiger partial charge in [-0.3, -0.25) is 0 Å². The van der Waals surface area contributed by atoms with Crippen LogP contribution in [-0.4, -0.2) is 54.3 Å². The molecule has 1 aromatic rings. The van der Waals surface area contributed by atoms with E-state index >= 15 is 0 Å². The number of carboxylic acid groups (broad SMARTS) is 2. The van der Waals surface area contributed by atoms with Crippen LogP contribution in [0.4, 0.5) is 0 Å². The Labute approximate surface area is 130 Å². The second-order valence-electron chi connectivity index (χ2n) is 4.72. The first-order valence-electron chi connectivity index (χ1n) is 6.81. The highest BCUT2D eigenvalue weighted by molar-refractivity contribution is 6.27. The van der Waals surface area contributed by atoms with E-state index in [4.69, 9.17) is 24.5 Å². The minimum absolute atomic E-state index is 0.770. The van der Waals surface area contributed by atoms with E-state index in [0.29, 0.717) is 0 Å². The Balaban J connectivity index is 0.000000626. The van der Waals surface area contributed by atoms with Gasteiger partial charge in [0, 0.05) is 6.54 Å². The average Bonchev–Trinajstić information content (AvgIpc) is 2.46. The molecule has 1 rings (SSSR count). The third kappa shape index (κ3) is 9.55. The number of benzene rings is 1. The van der Waals surface area contributed by atoms with Crippen LogP contribution in [0.3, 0.4) is 0 Å². The predicted molar refractivity (Wildman–Crippen MR) is 84.3 cm³/mol. The van der Waals surface area contributed by atoms with Crippen molar-refractivity contribution in [1.82, 2.24) is 4.90 Å². The van der Waals surface area contributed by atoms with E-state index in [-0.39, 0.29) is 0 Å². The fourth-order valence-corrected chi connectivity index (χ4v) is 1.53. The van der Waals surface area contributed by atoms with Crippen molar-refractivity contribution in [2.75, 3.05) is 27.2 Å². The molecule has 1 aromatic carbocycles. The zero-order valence-corrected chi connectivity index (χ0v) is 13.0. The number of aliphatic carboxylic acids is 2. The number of hydrogen-bond acceptors (Lipinski definition) is 4. The molecule has 0 saturated carbocycles. The van der Waals surface area contributed by atoms with E-state index in [2.05, 4.69) is 31.6 Å². The summed E-state index contributed by atoms with van der Waals surface area (Å²) in [7, 11) is 4.15. The third-order valence-corrected chi connectivity index (χ3v) is 2.53. The molecule has 22 heavy (non-hydrogen) atoms. The molecule has 122 valence electrons. The maximum atomic E-state index is 9.10. The van der Waals surface area contributed by atoms with Crippen molar-refractivity contribution in [3.8, 4) is 5.75 Å². The Morgan fingerprint density at radius 3 is 2.32 bits per heavy atom. The summed E-state index contributed by atoms with van der Waals surface area (Å²) in [6, 6.07) is 8.15. The quantitative estimate of drug-likeness (QED) is 0.454. The molecular formula is C16H23NO5. The van der Waals surface area contributed by atoms with Crippen LogP contribution in [0.1, 0.15) is 12.0 Å². The van der Waals surface area contributed by atoms with Crippen LogP contribution in [-0.2, 0) is 16.0 Å². The fraction of sp³-hybridized carbons (Fsp3) is 0.375. The SMILES string of the molecule is C=CCc1ccccc1OCCCN(C)C.O=C(O)C(=O)O. The second kappa shape index (κ2) is 11.3. The topological polar surface area (TPSA) is 87.1 Å². The molecule has 0 spiro atoms. The van der Waals surface area contributed by atoms with Gasteiger partial charge in [-0.15, -0.1) is 6.58 Å². The summed E-state index contributed by atoms with van der Waals surface area (Å²) >= 11 is 0. The first-order chi connectivity index (χ1) is 10.4. The zero-order valence-electron chi connectivity index (χ0n) is 13.0. The first-order valence-corrected chi connectivity index (χ1v) is 6.81. The maximum absolute atomic E-state index is 9.10. The van der Waals surface area contributed by atoms with E-state index in [1.807, 2.05) is 24.3 Å². The molecule has 0 heterocycles. The summed E-state index contributed by atoms with van der Waals surface area (Å²) in [6.45, 7) is 5.58. The van der Waals surface area contributed by atoms with Gasteiger partial charge in [-0.25, -0.2) is 9.59 Å². The van der Waals surface area contributed by atoms with E-state index in [1.165, 1.54) is 5.56 Å². The summed E-state index contributed by atoms with van der Waals surface area (Å²) < 4.78 is 5.77. The summed E-state index contributed by atoms with van der Waals surface area (Å²) in [4.78, 5) is 20.4. The number of hydrogen-bond donors (Lipinski definition) is 2. The molecule has 0 bridgehead atoms. The summed E-state index contributed by atoms with van der Waals surface area (Å²) in [6.07, 6.45) is 3.82. The van der Waals surface area contributed by atoms with Crippen LogP contribution in [0.5, 0.6) is 5.75 Å². The molecule has 0 atom stereocenters. The van der Waals surface area contributed by atoms with Gasteiger partial charge in [0.1, 0.15) is 5.75 Å². The van der Waals surface area contributed by atoms with Crippen LogP contribution in [0, 0.1) is 0 Å². The highest BCUT2D eigenvalue weighted by atomic mass is 16.5. The highest BCUT2D eigenvalue weighted by Gasteiger charge is 2.04. The Hall–Kier alpha value is -2.34. The van der Waals surface area contributed by atoms with E-state index in [1.54, 1.807) is 0 Å². The normalized spacial score (nSPS) is 9.59. The molecule has 0 aliphatic rings. The molecule has 6 nitrogen and oxygen atoms in total. The van der Waals surface area contributed by atoms with Crippen molar-refractivity contribution >= 4 is 11.9 Å². The zero-order chi connectivity index (χ0) is 17.0. The lowest BCUT2D eigenvalue weighted by Gasteiger charge is -2.12. The average molecular weight is 309 g/mol. The molecule has 6 heteroatoms. The van der Waals surface area contributed by atoms with Crippen LogP contribution in [0.2, 0.25) is 0 Å². The third-order valence-electron chi connectivity index (χ3n) is 2.53. The van der Waals surface area contributed by atoms with Gasteiger partial charge >= 0.3 is 11.9 Å². The second-order valence-corrected chi connectivity index (χ2v) is 4.72. The van der Waals surface area contributed by atoms with Crippen molar-refractivity contribution in [1.29, 1.82) is 0 Å². The lowest BCUT2D eigenvalue weighted by Crippen LogP contribution is -2.15. The number of ether oxygens (including phenoxy) is 1. The van der Waals surface area contributed by atoms with Gasteiger partial charge in [0.15, 0.2) is 0 Å². The van der Waals surface area contributed by atoms with Gasteiger partial charge in [0.25, 0.3) is 0 Å². The summed E-state index contributed by atoms with van der Waals surface area (Å²) in [5.41, 5.74) is 1.21. The number of nitrogens with zero attached hydrogens (tertiary/aromatic N) is 1. The molecular weight excluding hydrogens is 286 g/mol. The summed E-state index contributed by atoms with van der Waals surface area (Å²) in [5.74, 6) is -2.66. The molecule has 0 aromatic heterocycles. The first kappa shape index (κ1) is 19.7. The molecule has 0 radical (unpaired) electrons. The Kier molecular flexibility index (Phi) is 10.1. The number of rotatable bonds is 7. The van der Waals surface area contributed by atoms with Crippen molar-refractivity contribution in [3.63, 3.8) is 0 Å². The van der Waals surface area contributed by atoms with Crippen molar-refractivity contribution in [2.45, 2.75) is 12.8 Å². The Morgan fingerprint density at radius 1 is 1.23 bits per heavy atom. The minimum atomic E-state index is -1.82. The lowest BCUT2D eigenvalue weighted by atomic mass is 10.1. The lowest BCUT2D eigenvalue weighted by molar-refractivity contribution is -0.159. The number of carbonyl (C=O) groups is 2. The van der Waals surface area contributed by atoms with Gasteiger partial charge < -0.3 is 19.8 Å². The van der Waals surface area contributed by atoms with Crippen LogP contribution in [0.25, 0.3) is 0 Å². The highest BCUT2D eigenvalue weighted by Crippen LogP contribution is 2.18. The van der Waals surface area contributed by atoms with Crippen molar-refractivity contribution in [2.24, 2.45) is 0 Å². The minimum Gasteiger partial charge on any atom is -0.493 e. The smallest absolute Gasteiger partial charge is 0.414 e. The standard InChI is InChI=1S/C14H21NO.C2H2O4/c1-4-8-13-9-5-6-10-14(13)16-12-7-11-15(2)3;3-1(4)2(5)6/h4-6,9-10H,1,7-8,11-12H2,2-3H3;(H,3,4)(H,5,6). The number of para-hydroxylation sites is 1. The van der Waals surface area contributed by atoms with Gasteiger partial charge in [0.2, 0.25) is 0 Å². The van der Waals surface area contributed by atoms with E-state index < -0.39 is 11.9 Å². The van der Waals surface area contributed by atoms with Crippen LogP contribution < -0.4 is 4.74 Å². The molecule has 0 aliphatic heterocycles. The molecule has 0 fully saturated rings. The van der Waals surface area contributed by atoms with Crippen molar-refractivity contribution in [3.05, 3.63) is 42.5 Å². The van der Waals surface area contributed by atoms with E-state index in [0.717, 1.165) is 31.7 Å². The predicted octanol–water partition coefficient (Wildman–Crippen LogP) is 1.90. The van der Waals surface area contributed by atoms with E-state index in [9.17, 15) is 0 Å². The molecule has 0 aliphatic carbocycles. The Morgan fingerprint density at radius 2 is 1.82 bits per heavy atom. The van der Waals surface area contributed by atoms with Gasteiger partial charge in [-0.2, -0.15) is 0 Å². The Bertz CT molecular complexity index is 473. The number of allylic oxidation sites excluding steroid dienone is 1. The molecule has 0 unspecified atom stereocenters. The monoisotopic (exact) mass is 309 g/mol. The summed E-state index contributed by atoms with van der Waals surface area (Å²) in [5, 5.41) is 14.8. The van der Waals surface area contributed by atoms with Gasteiger partial charge in [0.05, 0.1) is 6.61 Å².